The number of carbonyl (C=O) groups is 2. The Kier molecular flexibility index (Phi) is 7.08. The van der Waals surface area contributed by atoms with Gasteiger partial charge < -0.3 is 19.1 Å². The van der Waals surface area contributed by atoms with Crippen molar-refractivity contribution in [2.75, 3.05) is 31.1 Å². The van der Waals surface area contributed by atoms with Crippen LogP contribution in [-0.2, 0) is 23.0 Å². The van der Waals surface area contributed by atoms with Crippen LogP contribution in [0, 0.1) is 20.8 Å². The molecule has 0 saturated carbocycles. The molecule has 0 aliphatic carbocycles. The van der Waals surface area contributed by atoms with Gasteiger partial charge in [0.25, 0.3) is 0 Å². The summed E-state index contributed by atoms with van der Waals surface area (Å²) < 4.78 is 7.09. The molecule has 0 radical (unpaired) electrons. The Morgan fingerprint density at radius 2 is 1.90 bits per heavy atom. The highest BCUT2D eigenvalue weighted by Crippen LogP contribution is 2.25. The Labute approximate surface area is 185 Å². The van der Waals surface area contributed by atoms with Gasteiger partial charge in [0.05, 0.1) is 6.61 Å². The molecule has 1 fully saturated rings. The first-order valence-corrected chi connectivity index (χ1v) is 11.2. The van der Waals surface area contributed by atoms with Crippen molar-refractivity contribution in [1.29, 1.82) is 0 Å². The Bertz CT molecular complexity index is 963. The Morgan fingerprint density at radius 1 is 1.16 bits per heavy atom. The van der Waals surface area contributed by atoms with Gasteiger partial charge in [-0.1, -0.05) is 12.1 Å². The molecule has 1 aromatic heterocycles. The molecule has 6 nitrogen and oxygen atoms in total. The molecule has 1 atom stereocenters. The van der Waals surface area contributed by atoms with Crippen molar-refractivity contribution >= 4 is 17.6 Å². The van der Waals surface area contributed by atoms with E-state index in [2.05, 4.69) is 43.0 Å². The third-order valence-corrected chi connectivity index (χ3v) is 6.45. The molecule has 1 unspecified atom stereocenters. The summed E-state index contributed by atoms with van der Waals surface area (Å²) in [7, 11) is 1.88. The molecule has 31 heavy (non-hydrogen) atoms. The number of hydrogen-bond donors (Lipinski definition) is 0. The van der Waals surface area contributed by atoms with Gasteiger partial charge in [-0.25, -0.2) is 4.79 Å². The second-order valence-electron chi connectivity index (χ2n) is 8.54. The van der Waals surface area contributed by atoms with E-state index >= 15 is 0 Å². The molecular weight excluding hydrogens is 390 g/mol. The summed E-state index contributed by atoms with van der Waals surface area (Å²) in [6, 6.07) is 8.81. The molecule has 2 heterocycles. The van der Waals surface area contributed by atoms with Crippen LogP contribution in [0.3, 0.4) is 0 Å². The SMILES string of the molecule is CCOC(=O)c1c(C)c(CCC(=O)N2CCN(c3cccc(C)c3)C(C)C2)c(C)n1C. The molecule has 1 aromatic carbocycles. The quantitative estimate of drug-likeness (QED) is 0.661. The zero-order valence-electron chi connectivity index (χ0n) is 19.7. The fourth-order valence-corrected chi connectivity index (χ4v) is 4.66. The number of nitrogens with zero attached hydrogens (tertiary/aromatic N) is 3. The molecule has 1 saturated heterocycles. The second kappa shape index (κ2) is 9.58. The van der Waals surface area contributed by atoms with Gasteiger partial charge in [0.1, 0.15) is 5.69 Å². The van der Waals surface area contributed by atoms with Crippen LogP contribution in [0.5, 0.6) is 0 Å². The van der Waals surface area contributed by atoms with E-state index in [1.165, 1.54) is 11.3 Å². The summed E-state index contributed by atoms with van der Waals surface area (Å²) in [5.74, 6) is -0.125. The van der Waals surface area contributed by atoms with Gasteiger partial charge >= 0.3 is 5.97 Å². The number of esters is 1. The highest BCUT2D eigenvalue weighted by Gasteiger charge is 2.28. The van der Waals surface area contributed by atoms with Crippen LogP contribution >= 0.6 is 0 Å². The van der Waals surface area contributed by atoms with Crippen molar-refractivity contribution in [3.8, 4) is 0 Å². The predicted octanol–water partition coefficient (Wildman–Crippen LogP) is 3.80. The van der Waals surface area contributed by atoms with Crippen LogP contribution in [0.25, 0.3) is 0 Å². The van der Waals surface area contributed by atoms with Gasteiger partial charge in [-0.05, 0) is 69.9 Å². The Hall–Kier alpha value is -2.76. The molecule has 2 aromatic rings. The van der Waals surface area contributed by atoms with Gasteiger partial charge in [-0.15, -0.1) is 0 Å². The highest BCUT2D eigenvalue weighted by molar-refractivity contribution is 5.90. The molecule has 1 amide bonds. The molecule has 0 bridgehead atoms. The number of aryl methyl sites for hydroxylation is 1. The summed E-state index contributed by atoms with van der Waals surface area (Å²) in [5.41, 5.74) is 6.07. The van der Waals surface area contributed by atoms with Crippen molar-refractivity contribution < 1.29 is 14.3 Å². The smallest absolute Gasteiger partial charge is 0.355 e. The highest BCUT2D eigenvalue weighted by atomic mass is 16.5. The first-order chi connectivity index (χ1) is 14.7. The standard InChI is InChI=1S/C25H35N3O3/c1-7-31-25(30)24-19(4)22(20(5)26(24)6)11-12-23(29)27-13-14-28(18(3)16-27)21-10-8-9-17(2)15-21/h8-10,15,18H,7,11-14,16H2,1-6H3. The van der Waals surface area contributed by atoms with Gasteiger partial charge in [-0.2, -0.15) is 0 Å². The van der Waals surface area contributed by atoms with Crippen LogP contribution < -0.4 is 4.90 Å². The average molecular weight is 426 g/mol. The maximum absolute atomic E-state index is 13.0. The number of aromatic nitrogens is 1. The zero-order valence-corrected chi connectivity index (χ0v) is 19.7. The number of piperazine rings is 1. The lowest BCUT2D eigenvalue weighted by Gasteiger charge is -2.41. The third-order valence-electron chi connectivity index (χ3n) is 6.45. The van der Waals surface area contributed by atoms with Crippen molar-refractivity contribution in [1.82, 2.24) is 9.47 Å². The Morgan fingerprint density at radius 3 is 2.55 bits per heavy atom. The van der Waals surface area contributed by atoms with E-state index in [1.807, 2.05) is 37.3 Å². The molecule has 0 N–H and O–H groups in total. The fraction of sp³-hybridized carbons (Fsp3) is 0.520. The van der Waals surface area contributed by atoms with E-state index in [-0.39, 0.29) is 17.9 Å². The van der Waals surface area contributed by atoms with Crippen molar-refractivity contribution in [3.05, 3.63) is 52.3 Å². The van der Waals surface area contributed by atoms with Crippen LogP contribution in [0.1, 0.15) is 53.1 Å². The normalized spacial score (nSPS) is 16.5. The minimum absolute atomic E-state index is 0.177. The van der Waals surface area contributed by atoms with Gasteiger partial charge in [0, 0.05) is 50.5 Å². The number of amides is 1. The minimum Gasteiger partial charge on any atom is -0.461 e. The van der Waals surface area contributed by atoms with E-state index in [4.69, 9.17) is 4.74 Å². The average Bonchev–Trinajstić information content (AvgIpc) is 2.94. The first-order valence-electron chi connectivity index (χ1n) is 11.2. The van der Waals surface area contributed by atoms with Gasteiger partial charge in [0.15, 0.2) is 0 Å². The molecule has 6 heteroatoms. The number of rotatable bonds is 6. The molecule has 1 aliphatic heterocycles. The van der Waals surface area contributed by atoms with Crippen LogP contribution in [0.15, 0.2) is 24.3 Å². The lowest BCUT2D eigenvalue weighted by molar-refractivity contribution is -0.131. The van der Waals surface area contributed by atoms with Crippen molar-refractivity contribution in [3.63, 3.8) is 0 Å². The van der Waals surface area contributed by atoms with E-state index in [0.717, 1.165) is 36.5 Å². The summed E-state index contributed by atoms with van der Waals surface area (Å²) in [5, 5.41) is 0. The van der Waals surface area contributed by atoms with Gasteiger partial charge in [0.2, 0.25) is 5.91 Å². The zero-order chi connectivity index (χ0) is 22.7. The summed E-state index contributed by atoms with van der Waals surface area (Å²) in [6.07, 6.45) is 1.08. The maximum Gasteiger partial charge on any atom is 0.355 e. The summed E-state index contributed by atoms with van der Waals surface area (Å²) in [4.78, 5) is 29.7. The van der Waals surface area contributed by atoms with Crippen LogP contribution in [0.4, 0.5) is 5.69 Å². The number of hydrogen-bond acceptors (Lipinski definition) is 4. The monoisotopic (exact) mass is 425 g/mol. The molecule has 3 rings (SSSR count). The third kappa shape index (κ3) is 4.78. The number of ether oxygens (including phenoxy) is 1. The van der Waals surface area contributed by atoms with E-state index in [9.17, 15) is 9.59 Å². The Balaban J connectivity index is 1.63. The van der Waals surface area contributed by atoms with E-state index in [1.54, 1.807) is 0 Å². The minimum atomic E-state index is -0.302. The lowest BCUT2D eigenvalue weighted by atomic mass is 10.0. The molecule has 0 spiro atoms. The number of carbonyl (C=O) groups excluding carboxylic acids is 2. The van der Waals surface area contributed by atoms with Crippen LogP contribution in [0.2, 0.25) is 0 Å². The lowest BCUT2D eigenvalue weighted by Crippen LogP contribution is -2.53. The van der Waals surface area contributed by atoms with Crippen molar-refractivity contribution in [2.45, 2.75) is 53.5 Å². The summed E-state index contributed by atoms with van der Waals surface area (Å²) in [6.45, 7) is 12.7. The second-order valence-corrected chi connectivity index (χ2v) is 8.54. The first kappa shape index (κ1) is 22.9. The topological polar surface area (TPSA) is 54.8 Å². The maximum atomic E-state index is 13.0. The van der Waals surface area contributed by atoms with E-state index < -0.39 is 0 Å². The van der Waals surface area contributed by atoms with E-state index in [0.29, 0.717) is 25.1 Å². The molecule has 1 aliphatic rings. The molecule has 168 valence electrons. The number of benzene rings is 1. The predicted molar refractivity (Wildman–Crippen MR) is 124 cm³/mol. The number of anilines is 1. The summed E-state index contributed by atoms with van der Waals surface area (Å²) >= 11 is 0. The van der Waals surface area contributed by atoms with Gasteiger partial charge in [-0.3, -0.25) is 4.79 Å². The largest absolute Gasteiger partial charge is 0.461 e. The fourth-order valence-electron chi connectivity index (χ4n) is 4.66. The van der Waals surface area contributed by atoms with Crippen molar-refractivity contribution in [2.24, 2.45) is 7.05 Å². The van der Waals surface area contributed by atoms with Crippen LogP contribution in [-0.4, -0.2) is 53.6 Å². The molecular formula is C25H35N3O3.